The minimum absolute atomic E-state index is 0.243. The molecule has 0 aliphatic carbocycles. The molecule has 1 aromatic heterocycles. The molecule has 0 amide bonds. The summed E-state index contributed by atoms with van der Waals surface area (Å²) in [4.78, 5) is 4.07. The van der Waals surface area contributed by atoms with Crippen molar-refractivity contribution in [3.63, 3.8) is 0 Å². The second-order valence-electron chi connectivity index (χ2n) is 4.49. The van der Waals surface area contributed by atoms with Crippen LogP contribution in [0.5, 0.6) is 0 Å². The van der Waals surface area contributed by atoms with Crippen molar-refractivity contribution in [1.29, 1.82) is 0 Å². The Bertz CT molecular complexity index is 564. The number of nitrogens with zero attached hydrogens (tertiary/aromatic N) is 1. The molecule has 0 aliphatic heterocycles. The number of aryl methyl sites for hydroxylation is 1. The zero-order valence-corrected chi connectivity index (χ0v) is 10.8. The van der Waals surface area contributed by atoms with E-state index in [4.69, 9.17) is 10.2 Å². The number of oxazole rings is 1. The fourth-order valence-electron chi connectivity index (χ4n) is 1.85. The second kappa shape index (κ2) is 6.09. The molecule has 2 rings (SSSR count). The van der Waals surface area contributed by atoms with Crippen LogP contribution < -0.4 is 5.73 Å². The molecule has 0 fully saturated rings. The molecule has 2 aromatic rings. The van der Waals surface area contributed by atoms with E-state index >= 15 is 0 Å². The maximum absolute atomic E-state index is 12.6. The number of nitrogens with two attached hydrogens (primary N) is 1. The summed E-state index contributed by atoms with van der Waals surface area (Å²) in [6, 6.07) is 5.17. The molecule has 0 bridgehead atoms. The van der Waals surface area contributed by atoms with Gasteiger partial charge >= 0.3 is 6.18 Å². The summed E-state index contributed by atoms with van der Waals surface area (Å²) in [6.07, 6.45) is -1.02. The summed E-state index contributed by atoms with van der Waals surface area (Å²) < 4.78 is 43.3. The van der Waals surface area contributed by atoms with Crippen LogP contribution in [0.25, 0.3) is 0 Å². The van der Waals surface area contributed by atoms with E-state index in [1.807, 2.05) is 0 Å². The third-order valence-corrected chi connectivity index (χ3v) is 2.84. The first kappa shape index (κ1) is 14.6. The van der Waals surface area contributed by atoms with Gasteiger partial charge in [0, 0.05) is 12.8 Å². The maximum Gasteiger partial charge on any atom is 0.416 e. The Kier molecular flexibility index (Phi) is 4.44. The van der Waals surface area contributed by atoms with Crippen LogP contribution in [-0.2, 0) is 19.0 Å². The fraction of sp³-hybridized carbons (Fsp3) is 0.357. The van der Waals surface area contributed by atoms with E-state index in [0.29, 0.717) is 30.2 Å². The predicted octanol–water partition coefficient (Wildman–Crippen LogP) is 3.18. The second-order valence-corrected chi connectivity index (χ2v) is 4.49. The molecule has 1 heterocycles. The van der Waals surface area contributed by atoms with Crippen molar-refractivity contribution < 1.29 is 17.6 Å². The third kappa shape index (κ3) is 3.84. The van der Waals surface area contributed by atoms with Gasteiger partial charge in [0.05, 0.1) is 11.8 Å². The highest BCUT2D eigenvalue weighted by molar-refractivity contribution is 5.27. The predicted molar refractivity (Wildman–Crippen MR) is 68.1 cm³/mol. The van der Waals surface area contributed by atoms with Crippen molar-refractivity contribution in [2.45, 2.75) is 25.4 Å². The largest absolute Gasteiger partial charge is 0.445 e. The van der Waals surface area contributed by atoms with Crippen LogP contribution in [0.1, 0.15) is 29.2 Å². The highest BCUT2D eigenvalue weighted by Crippen LogP contribution is 2.29. The van der Waals surface area contributed by atoms with Gasteiger partial charge in [-0.25, -0.2) is 4.98 Å². The lowest BCUT2D eigenvalue weighted by Gasteiger charge is -2.07. The average Bonchev–Trinajstić information content (AvgIpc) is 2.83. The number of aromatic nitrogens is 1. The topological polar surface area (TPSA) is 52.0 Å². The number of hydrogen-bond donors (Lipinski definition) is 1. The first-order chi connectivity index (χ1) is 9.49. The SMILES string of the molecule is NCCCc1cnc(Cc2cccc(C(F)(F)F)c2)o1. The van der Waals surface area contributed by atoms with Crippen LogP contribution in [0.4, 0.5) is 13.2 Å². The lowest BCUT2D eigenvalue weighted by molar-refractivity contribution is -0.137. The van der Waals surface area contributed by atoms with E-state index in [9.17, 15) is 13.2 Å². The van der Waals surface area contributed by atoms with Gasteiger partial charge in [0.25, 0.3) is 0 Å². The Morgan fingerprint density at radius 1 is 1.25 bits per heavy atom. The van der Waals surface area contributed by atoms with Gasteiger partial charge in [-0.05, 0) is 24.6 Å². The van der Waals surface area contributed by atoms with Gasteiger partial charge in [-0.15, -0.1) is 0 Å². The third-order valence-electron chi connectivity index (χ3n) is 2.84. The summed E-state index contributed by atoms with van der Waals surface area (Å²) in [6.45, 7) is 0.559. The van der Waals surface area contributed by atoms with Crippen LogP contribution in [-0.4, -0.2) is 11.5 Å². The van der Waals surface area contributed by atoms with Crippen molar-refractivity contribution >= 4 is 0 Å². The summed E-state index contributed by atoms with van der Waals surface area (Å²) in [7, 11) is 0. The summed E-state index contributed by atoms with van der Waals surface area (Å²) in [5.74, 6) is 1.12. The van der Waals surface area contributed by atoms with Crippen LogP contribution in [0.3, 0.4) is 0 Å². The molecule has 0 radical (unpaired) electrons. The first-order valence-corrected chi connectivity index (χ1v) is 6.29. The normalized spacial score (nSPS) is 11.8. The number of alkyl halides is 3. The molecule has 20 heavy (non-hydrogen) atoms. The Morgan fingerprint density at radius 3 is 2.75 bits per heavy atom. The van der Waals surface area contributed by atoms with Gasteiger partial charge < -0.3 is 10.2 Å². The lowest BCUT2D eigenvalue weighted by atomic mass is 10.1. The summed E-state index contributed by atoms with van der Waals surface area (Å²) in [5, 5.41) is 0. The first-order valence-electron chi connectivity index (χ1n) is 6.29. The molecule has 3 nitrogen and oxygen atoms in total. The van der Waals surface area contributed by atoms with E-state index in [2.05, 4.69) is 4.98 Å². The minimum atomic E-state index is -4.33. The highest BCUT2D eigenvalue weighted by Gasteiger charge is 2.30. The Labute approximate surface area is 114 Å². The Hall–Kier alpha value is -1.82. The standard InChI is InChI=1S/C14H15F3N2O/c15-14(16,17)11-4-1-3-10(7-11)8-13-19-9-12(20-13)5-2-6-18/h1,3-4,7,9H,2,5-6,8,18H2. The number of rotatable bonds is 5. The van der Waals surface area contributed by atoms with Crippen LogP contribution in [0.2, 0.25) is 0 Å². The molecule has 2 N–H and O–H groups in total. The molecule has 0 unspecified atom stereocenters. The summed E-state index contributed by atoms with van der Waals surface area (Å²) >= 11 is 0. The molecule has 108 valence electrons. The summed E-state index contributed by atoms with van der Waals surface area (Å²) in [5.41, 5.74) is 5.25. The quantitative estimate of drug-likeness (QED) is 0.917. The van der Waals surface area contributed by atoms with Crippen molar-refractivity contribution in [3.8, 4) is 0 Å². The Balaban J connectivity index is 2.08. The zero-order valence-electron chi connectivity index (χ0n) is 10.8. The lowest BCUT2D eigenvalue weighted by Crippen LogP contribution is -2.05. The number of hydrogen-bond acceptors (Lipinski definition) is 3. The van der Waals surface area contributed by atoms with Crippen molar-refractivity contribution in [1.82, 2.24) is 4.98 Å². The van der Waals surface area contributed by atoms with Crippen LogP contribution in [0.15, 0.2) is 34.9 Å². The molecule has 0 saturated heterocycles. The minimum Gasteiger partial charge on any atom is -0.445 e. The van der Waals surface area contributed by atoms with Gasteiger partial charge in [-0.3, -0.25) is 0 Å². The molecular weight excluding hydrogens is 269 g/mol. The number of halogens is 3. The van der Waals surface area contributed by atoms with E-state index in [0.717, 1.165) is 18.6 Å². The van der Waals surface area contributed by atoms with Crippen LogP contribution in [0, 0.1) is 0 Å². The molecule has 0 atom stereocenters. The van der Waals surface area contributed by atoms with E-state index < -0.39 is 11.7 Å². The van der Waals surface area contributed by atoms with Crippen LogP contribution >= 0.6 is 0 Å². The molecule has 6 heteroatoms. The van der Waals surface area contributed by atoms with Gasteiger partial charge in [0.1, 0.15) is 5.76 Å². The van der Waals surface area contributed by atoms with Gasteiger partial charge in [0.15, 0.2) is 5.89 Å². The smallest absolute Gasteiger partial charge is 0.416 e. The number of benzene rings is 1. The molecule has 0 saturated carbocycles. The van der Waals surface area contributed by atoms with Crippen molar-refractivity contribution in [3.05, 3.63) is 53.2 Å². The van der Waals surface area contributed by atoms with E-state index in [-0.39, 0.29) is 6.42 Å². The highest BCUT2D eigenvalue weighted by atomic mass is 19.4. The van der Waals surface area contributed by atoms with Gasteiger partial charge in [0.2, 0.25) is 0 Å². The molecular formula is C14H15F3N2O. The Morgan fingerprint density at radius 2 is 2.05 bits per heavy atom. The molecule has 0 spiro atoms. The average molecular weight is 284 g/mol. The molecule has 1 aromatic carbocycles. The zero-order chi connectivity index (χ0) is 14.6. The fourth-order valence-corrected chi connectivity index (χ4v) is 1.85. The molecule has 0 aliphatic rings. The van der Waals surface area contributed by atoms with E-state index in [1.54, 1.807) is 12.3 Å². The van der Waals surface area contributed by atoms with Crippen molar-refractivity contribution in [2.75, 3.05) is 6.54 Å². The monoisotopic (exact) mass is 284 g/mol. The van der Waals surface area contributed by atoms with E-state index in [1.165, 1.54) is 6.07 Å². The van der Waals surface area contributed by atoms with Gasteiger partial charge in [-0.1, -0.05) is 18.2 Å². The maximum atomic E-state index is 12.6. The van der Waals surface area contributed by atoms with Crippen molar-refractivity contribution in [2.24, 2.45) is 5.73 Å². The van der Waals surface area contributed by atoms with Gasteiger partial charge in [-0.2, -0.15) is 13.2 Å².